The number of aliphatic hydroxyl groups excluding tert-OH is 1. The van der Waals surface area contributed by atoms with Crippen molar-refractivity contribution in [2.45, 2.75) is 19.0 Å². The second kappa shape index (κ2) is 8.14. The molecule has 4 heterocycles. The average molecular weight is 428 g/mol. The molecule has 1 aromatic carbocycles. The van der Waals surface area contributed by atoms with Crippen molar-refractivity contribution in [3.63, 3.8) is 0 Å². The first kappa shape index (κ1) is 19.7. The highest BCUT2D eigenvalue weighted by molar-refractivity contribution is 6.16. The zero-order valence-electron chi connectivity index (χ0n) is 17.1. The van der Waals surface area contributed by atoms with E-state index in [-0.39, 0.29) is 11.3 Å². The number of benzene rings is 1. The molecular formula is C24H20N4O4. The average Bonchev–Trinajstić information content (AvgIpc) is 3.54. The predicted molar refractivity (Wildman–Crippen MR) is 116 cm³/mol. The van der Waals surface area contributed by atoms with Crippen LogP contribution in [-0.2, 0) is 11.3 Å². The third-order valence-electron chi connectivity index (χ3n) is 5.59. The van der Waals surface area contributed by atoms with Gasteiger partial charge in [0, 0.05) is 43.3 Å². The Labute approximate surface area is 183 Å². The number of aromatic nitrogens is 3. The molecule has 0 saturated carbocycles. The first-order valence-corrected chi connectivity index (χ1v) is 10.3. The number of aliphatic hydroxyl groups is 1. The van der Waals surface area contributed by atoms with Crippen molar-refractivity contribution in [2.24, 2.45) is 0 Å². The van der Waals surface area contributed by atoms with E-state index in [9.17, 15) is 14.7 Å². The van der Waals surface area contributed by atoms with Crippen molar-refractivity contribution in [2.75, 3.05) is 6.54 Å². The van der Waals surface area contributed by atoms with Gasteiger partial charge in [0.15, 0.2) is 11.5 Å². The summed E-state index contributed by atoms with van der Waals surface area (Å²) >= 11 is 0. The lowest BCUT2D eigenvalue weighted by atomic mass is 9.95. The van der Waals surface area contributed by atoms with Crippen LogP contribution < -0.4 is 0 Å². The largest absolute Gasteiger partial charge is 0.503 e. The van der Waals surface area contributed by atoms with Gasteiger partial charge in [-0.25, -0.2) is 4.98 Å². The lowest BCUT2D eigenvalue weighted by Gasteiger charge is -2.26. The van der Waals surface area contributed by atoms with E-state index in [1.165, 1.54) is 4.90 Å². The van der Waals surface area contributed by atoms with Gasteiger partial charge in [0.1, 0.15) is 5.58 Å². The second-order valence-corrected chi connectivity index (χ2v) is 7.58. The number of aryl methyl sites for hydroxylation is 1. The highest BCUT2D eigenvalue weighted by atomic mass is 16.3. The molecule has 0 saturated heterocycles. The molecule has 160 valence electrons. The van der Waals surface area contributed by atoms with Gasteiger partial charge in [-0.2, -0.15) is 0 Å². The summed E-state index contributed by atoms with van der Waals surface area (Å²) in [7, 11) is 0. The minimum atomic E-state index is -0.728. The van der Waals surface area contributed by atoms with E-state index in [1.54, 1.807) is 49.2 Å². The van der Waals surface area contributed by atoms with Crippen LogP contribution in [0.5, 0.6) is 0 Å². The molecule has 0 spiro atoms. The number of carbonyl (C=O) groups is 2. The zero-order chi connectivity index (χ0) is 22.1. The molecule has 0 radical (unpaired) electrons. The minimum absolute atomic E-state index is 0.0166. The molecule has 1 N–H and O–H groups in total. The summed E-state index contributed by atoms with van der Waals surface area (Å²) in [4.78, 5) is 36.0. The van der Waals surface area contributed by atoms with E-state index in [1.807, 2.05) is 29.0 Å². The van der Waals surface area contributed by atoms with Gasteiger partial charge in [-0.05, 0) is 36.2 Å². The van der Waals surface area contributed by atoms with Crippen LogP contribution in [-0.4, -0.2) is 42.8 Å². The number of Topliss-reactive ketones (excluding diaryl/α,β-unsaturated/α-hetero) is 1. The summed E-state index contributed by atoms with van der Waals surface area (Å²) in [5, 5.41) is 11.5. The Morgan fingerprint density at radius 1 is 1.06 bits per heavy atom. The number of nitrogens with zero attached hydrogens (tertiary/aromatic N) is 4. The van der Waals surface area contributed by atoms with Crippen LogP contribution in [0.3, 0.4) is 0 Å². The van der Waals surface area contributed by atoms with E-state index in [0.717, 1.165) is 5.39 Å². The molecule has 8 nitrogen and oxygen atoms in total. The Morgan fingerprint density at radius 2 is 1.88 bits per heavy atom. The minimum Gasteiger partial charge on any atom is -0.503 e. The van der Waals surface area contributed by atoms with Crippen LogP contribution in [0.25, 0.3) is 11.0 Å². The fourth-order valence-electron chi connectivity index (χ4n) is 4.08. The molecule has 1 amide bonds. The molecule has 0 aliphatic carbocycles. The van der Waals surface area contributed by atoms with Crippen LogP contribution in [0.15, 0.2) is 89.3 Å². The van der Waals surface area contributed by atoms with Crippen molar-refractivity contribution in [3.8, 4) is 0 Å². The standard InChI is InChI=1S/C24H20N4O4/c29-22(19-14-17-4-1-2-5-18(17)32-19)20-21(16-6-8-25-9-7-16)28(24(31)23(20)30)12-3-11-27-13-10-26-15-27/h1-2,4-10,13-15,21,30H,3,11-12H2/t21-/m0/s1. The lowest BCUT2D eigenvalue weighted by Crippen LogP contribution is -2.32. The van der Waals surface area contributed by atoms with Crippen molar-refractivity contribution in [1.29, 1.82) is 0 Å². The number of fused-ring (bicyclic) bond motifs is 1. The third kappa shape index (κ3) is 3.45. The molecule has 5 rings (SSSR count). The highest BCUT2D eigenvalue weighted by Gasteiger charge is 2.44. The number of hydrogen-bond acceptors (Lipinski definition) is 6. The molecule has 3 aromatic heterocycles. The summed E-state index contributed by atoms with van der Waals surface area (Å²) in [6.45, 7) is 1.01. The summed E-state index contributed by atoms with van der Waals surface area (Å²) in [6.07, 6.45) is 9.07. The number of rotatable bonds is 7. The van der Waals surface area contributed by atoms with Gasteiger partial charge in [-0.15, -0.1) is 0 Å². The van der Waals surface area contributed by atoms with Crippen LogP contribution in [0.4, 0.5) is 0 Å². The van der Waals surface area contributed by atoms with Crippen LogP contribution in [0.2, 0.25) is 0 Å². The predicted octanol–water partition coefficient (Wildman–Crippen LogP) is 3.69. The lowest BCUT2D eigenvalue weighted by molar-refractivity contribution is -0.129. The molecule has 0 unspecified atom stereocenters. The van der Waals surface area contributed by atoms with E-state index in [2.05, 4.69) is 9.97 Å². The molecule has 0 fully saturated rings. The fourth-order valence-corrected chi connectivity index (χ4v) is 4.08. The summed E-state index contributed by atoms with van der Waals surface area (Å²) < 4.78 is 7.64. The van der Waals surface area contributed by atoms with Crippen molar-refractivity contribution < 1.29 is 19.1 Å². The number of imidazole rings is 1. The number of carbonyl (C=O) groups excluding carboxylic acids is 2. The Kier molecular flexibility index (Phi) is 5.03. The van der Waals surface area contributed by atoms with E-state index >= 15 is 0 Å². The number of ketones is 1. The molecule has 1 aliphatic rings. The number of hydrogen-bond donors (Lipinski definition) is 1. The number of furan rings is 1. The number of amides is 1. The van der Waals surface area contributed by atoms with Crippen LogP contribution >= 0.6 is 0 Å². The Balaban J connectivity index is 1.49. The van der Waals surface area contributed by atoms with Gasteiger partial charge in [0.25, 0.3) is 5.91 Å². The topological polar surface area (TPSA) is 101 Å². The van der Waals surface area contributed by atoms with Gasteiger partial charge >= 0.3 is 0 Å². The normalized spacial score (nSPS) is 16.3. The van der Waals surface area contributed by atoms with Crippen molar-refractivity contribution in [1.82, 2.24) is 19.4 Å². The monoisotopic (exact) mass is 428 g/mol. The Morgan fingerprint density at radius 3 is 2.62 bits per heavy atom. The smallest absolute Gasteiger partial charge is 0.290 e. The summed E-state index contributed by atoms with van der Waals surface area (Å²) in [6, 6.07) is 11.7. The number of para-hydroxylation sites is 1. The van der Waals surface area contributed by atoms with Crippen molar-refractivity contribution in [3.05, 3.63) is 96.2 Å². The molecule has 4 aromatic rings. The Hall–Kier alpha value is -4.20. The van der Waals surface area contributed by atoms with Gasteiger partial charge in [0.2, 0.25) is 5.78 Å². The van der Waals surface area contributed by atoms with E-state index < -0.39 is 23.5 Å². The molecule has 1 aliphatic heterocycles. The quantitative estimate of drug-likeness (QED) is 0.451. The van der Waals surface area contributed by atoms with Gasteiger partial charge in [-0.3, -0.25) is 14.6 Å². The van der Waals surface area contributed by atoms with Crippen LogP contribution in [0, 0.1) is 0 Å². The summed E-state index contributed by atoms with van der Waals surface area (Å²) in [5.41, 5.74) is 1.28. The van der Waals surface area contributed by atoms with Gasteiger partial charge < -0.3 is 19.0 Å². The van der Waals surface area contributed by atoms with E-state index in [0.29, 0.717) is 30.7 Å². The first-order valence-electron chi connectivity index (χ1n) is 10.3. The SMILES string of the molecule is O=C(C1=C(O)C(=O)N(CCCn2ccnc2)[C@H]1c1ccncc1)c1cc2ccccc2o1. The molecule has 8 heteroatoms. The number of pyridine rings is 1. The third-order valence-corrected chi connectivity index (χ3v) is 5.59. The van der Waals surface area contributed by atoms with E-state index in [4.69, 9.17) is 4.42 Å². The summed E-state index contributed by atoms with van der Waals surface area (Å²) in [5.74, 6) is -1.54. The maximum Gasteiger partial charge on any atom is 0.290 e. The molecule has 0 bridgehead atoms. The molecule has 32 heavy (non-hydrogen) atoms. The molecular weight excluding hydrogens is 408 g/mol. The Bertz CT molecular complexity index is 1280. The van der Waals surface area contributed by atoms with Gasteiger partial charge in [0.05, 0.1) is 17.9 Å². The first-order chi connectivity index (χ1) is 15.6. The molecule has 1 atom stereocenters. The fraction of sp³-hybridized carbons (Fsp3) is 0.167. The van der Waals surface area contributed by atoms with Gasteiger partial charge in [-0.1, -0.05) is 18.2 Å². The van der Waals surface area contributed by atoms with Crippen LogP contribution in [0.1, 0.15) is 28.6 Å². The maximum absolute atomic E-state index is 13.4. The second-order valence-electron chi connectivity index (χ2n) is 7.58. The zero-order valence-corrected chi connectivity index (χ0v) is 17.1. The maximum atomic E-state index is 13.4. The van der Waals surface area contributed by atoms with Crippen molar-refractivity contribution >= 4 is 22.7 Å². The highest BCUT2D eigenvalue weighted by Crippen LogP contribution is 2.39.